The molecule has 11 heavy (non-hydrogen) atoms. The summed E-state index contributed by atoms with van der Waals surface area (Å²) in [4.78, 5) is 0. The molecule has 1 rings (SSSR count). The van der Waals surface area contributed by atoms with Crippen molar-refractivity contribution in [1.29, 1.82) is 0 Å². The number of hydrogen-bond acceptors (Lipinski definition) is 4. The van der Waals surface area contributed by atoms with Crippen LogP contribution >= 0.6 is 0 Å². The lowest BCUT2D eigenvalue weighted by molar-refractivity contribution is 0.582. The normalized spacial score (nSPS) is 11.7. The maximum Gasteiger partial charge on any atom is 0.274 e. The fourth-order valence-electron chi connectivity index (χ4n) is 0.485. The van der Waals surface area contributed by atoms with Crippen LogP contribution in [-0.2, 0) is 16.8 Å². The molecule has 0 aliphatic heterocycles. The fraction of sp³-hybridized carbons (Fsp3) is 0.333. The van der Waals surface area contributed by atoms with E-state index in [1.807, 2.05) is 0 Å². The zero-order valence-electron chi connectivity index (χ0n) is 5.48. The molecule has 0 spiro atoms. The van der Waals surface area contributed by atoms with Gasteiger partial charge in [-0.3, -0.25) is 0 Å². The molecule has 0 bridgehead atoms. The molecule has 1 heterocycles. The van der Waals surface area contributed by atoms with Crippen molar-refractivity contribution in [2.24, 2.45) is 5.14 Å². The number of aromatic nitrogens is 3. The van der Waals surface area contributed by atoms with Gasteiger partial charge in [0.1, 0.15) is 0 Å². The molecule has 0 fully saturated rings. The Kier molecular flexibility index (Phi) is 2.17. The summed E-state index contributed by atoms with van der Waals surface area (Å²) in [5, 5.41) is 14.1. The maximum absolute atomic E-state index is 10.3. The smallest absolute Gasteiger partial charge is 0.216 e. The van der Waals surface area contributed by atoms with Gasteiger partial charge in [-0.05, 0) is 0 Å². The third kappa shape index (κ3) is 3.07. The van der Waals surface area contributed by atoms with E-state index in [1.165, 1.54) is 6.20 Å². The van der Waals surface area contributed by atoms with E-state index in [9.17, 15) is 8.42 Å². The molecule has 0 saturated heterocycles. The molecule has 0 atom stereocenters. The van der Waals surface area contributed by atoms with Gasteiger partial charge in [-0.1, -0.05) is 0 Å². The summed E-state index contributed by atoms with van der Waals surface area (Å²) in [6.07, 6.45) is 1.40. The SMILES string of the molecule is NS(=O)(=O)NCc1cn[nH]n1. The van der Waals surface area contributed by atoms with E-state index in [2.05, 4.69) is 25.3 Å². The highest BCUT2D eigenvalue weighted by Crippen LogP contribution is 1.86. The van der Waals surface area contributed by atoms with E-state index in [4.69, 9.17) is 0 Å². The zero-order chi connectivity index (χ0) is 8.32. The van der Waals surface area contributed by atoms with Crippen LogP contribution in [0.2, 0.25) is 0 Å². The van der Waals surface area contributed by atoms with Crippen molar-refractivity contribution >= 4 is 10.2 Å². The highest BCUT2D eigenvalue weighted by Gasteiger charge is 2.01. The van der Waals surface area contributed by atoms with Gasteiger partial charge < -0.3 is 0 Å². The van der Waals surface area contributed by atoms with E-state index < -0.39 is 10.2 Å². The average Bonchev–Trinajstić information content (AvgIpc) is 2.32. The summed E-state index contributed by atoms with van der Waals surface area (Å²) in [7, 11) is -3.63. The van der Waals surface area contributed by atoms with E-state index in [0.717, 1.165) is 0 Å². The van der Waals surface area contributed by atoms with Crippen LogP contribution in [0.5, 0.6) is 0 Å². The molecule has 0 unspecified atom stereocenters. The Morgan fingerprint density at radius 1 is 1.73 bits per heavy atom. The number of hydrogen-bond donors (Lipinski definition) is 3. The number of nitrogens with two attached hydrogens (primary N) is 1. The molecule has 0 amide bonds. The molecular formula is C3H7N5O2S. The molecule has 8 heteroatoms. The van der Waals surface area contributed by atoms with Crippen LogP contribution in [0, 0.1) is 0 Å². The topological polar surface area (TPSA) is 114 Å². The van der Waals surface area contributed by atoms with Gasteiger partial charge in [-0.25, -0.2) is 5.14 Å². The molecule has 0 radical (unpaired) electrons. The first-order valence-electron chi connectivity index (χ1n) is 2.70. The Balaban J connectivity index is 2.48. The Morgan fingerprint density at radius 3 is 2.91 bits per heavy atom. The Labute approximate surface area is 63.2 Å². The van der Waals surface area contributed by atoms with Crippen molar-refractivity contribution in [2.45, 2.75) is 6.54 Å². The predicted molar refractivity (Wildman–Crippen MR) is 36.3 cm³/mol. The first-order chi connectivity index (χ1) is 5.08. The van der Waals surface area contributed by atoms with Crippen molar-refractivity contribution in [1.82, 2.24) is 20.1 Å². The third-order valence-corrected chi connectivity index (χ3v) is 1.47. The second-order valence-corrected chi connectivity index (χ2v) is 3.21. The van der Waals surface area contributed by atoms with Crippen LogP contribution in [0.4, 0.5) is 0 Å². The van der Waals surface area contributed by atoms with Crippen LogP contribution in [0.25, 0.3) is 0 Å². The molecule has 4 N–H and O–H groups in total. The largest absolute Gasteiger partial charge is 0.274 e. The van der Waals surface area contributed by atoms with Crippen molar-refractivity contribution in [2.75, 3.05) is 0 Å². The van der Waals surface area contributed by atoms with Gasteiger partial charge in [-0.15, -0.1) is 0 Å². The summed E-state index contributed by atoms with van der Waals surface area (Å²) in [6, 6.07) is 0. The molecular weight excluding hydrogens is 170 g/mol. The van der Waals surface area contributed by atoms with Gasteiger partial charge in [0.25, 0.3) is 10.2 Å². The molecule has 0 aliphatic carbocycles. The second kappa shape index (κ2) is 2.95. The second-order valence-electron chi connectivity index (χ2n) is 1.83. The summed E-state index contributed by atoms with van der Waals surface area (Å²) >= 11 is 0. The molecule has 7 nitrogen and oxygen atoms in total. The van der Waals surface area contributed by atoms with Crippen LogP contribution < -0.4 is 9.86 Å². The van der Waals surface area contributed by atoms with E-state index in [0.29, 0.717) is 5.69 Å². The number of rotatable bonds is 3. The summed E-state index contributed by atoms with van der Waals surface area (Å²) in [5.74, 6) is 0. The third-order valence-electron chi connectivity index (χ3n) is 0.919. The van der Waals surface area contributed by atoms with E-state index in [-0.39, 0.29) is 6.54 Å². The van der Waals surface area contributed by atoms with Crippen molar-refractivity contribution in [3.8, 4) is 0 Å². The van der Waals surface area contributed by atoms with Crippen LogP contribution in [0.3, 0.4) is 0 Å². The first-order valence-corrected chi connectivity index (χ1v) is 4.24. The molecule has 1 aromatic rings. The van der Waals surface area contributed by atoms with Crippen LogP contribution in [-0.4, -0.2) is 23.8 Å². The number of aromatic amines is 1. The van der Waals surface area contributed by atoms with Crippen LogP contribution in [0.1, 0.15) is 5.69 Å². The monoisotopic (exact) mass is 177 g/mol. The molecule has 0 saturated carbocycles. The van der Waals surface area contributed by atoms with Crippen molar-refractivity contribution in [3.05, 3.63) is 11.9 Å². The number of H-pyrrole nitrogens is 1. The predicted octanol–water partition coefficient (Wildman–Crippen LogP) is -1.90. The van der Waals surface area contributed by atoms with Gasteiger partial charge in [0.15, 0.2) is 0 Å². The Bertz CT molecular complexity index is 302. The first kappa shape index (κ1) is 8.11. The van der Waals surface area contributed by atoms with Gasteiger partial charge in [0.2, 0.25) is 0 Å². The fourth-order valence-corrected chi connectivity index (χ4v) is 0.834. The minimum Gasteiger partial charge on any atom is -0.216 e. The minimum absolute atomic E-state index is 0.0509. The average molecular weight is 177 g/mol. The molecule has 62 valence electrons. The Morgan fingerprint density at radius 2 is 2.45 bits per heavy atom. The molecule has 0 aliphatic rings. The van der Waals surface area contributed by atoms with Gasteiger partial charge in [-0.2, -0.15) is 28.6 Å². The summed E-state index contributed by atoms with van der Waals surface area (Å²) in [6.45, 7) is 0.0509. The molecule has 0 aromatic carbocycles. The highest BCUT2D eigenvalue weighted by molar-refractivity contribution is 7.87. The van der Waals surface area contributed by atoms with Crippen molar-refractivity contribution in [3.63, 3.8) is 0 Å². The zero-order valence-corrected chi connectivity index (χ0v) is 6.30. The van der Waals surface area contributed by atoms with E-state index in [1.54, 1.807) is 0 Å². The lowest BCUT2D eigenvalue weighted by Gasteiger charge is -1.95. The Hall–Kier alpha value is -0.990. The number of nitrogens with one attached hydrogen (secondary N) is 2. The van der Waals surface area contributed by atoms with Gasteiger partial charge >= 0.3 is 0 Å². The minimum atomic E-state index is -3.63. The maximum atomic E-state index is 10.3. The number of nitrogens with zero attached hydrogens (tertiary/aromatic N) is 2. The standard InChI is InChI=1S/C3H7N5O2S/c4-11(9,10)6-2-3-1-5-8-7-3/h1,6H,2H2,(H2,4,9,10)(H,5,7,8). The summed E-state index contributed by atoms with van der Waals surface area (Å²) in [5.41, 5.74) is 0.485. The van der Waals surface area contributed by atoms with Gasteiger partial charge in [0.05, 0.1) is 18.4 Å². The summed E-state index contributed by atoms with van der Waals surface area (Å²) < 4.78 is 22.7. The molecule has 1 aromatic heterocycles. The highest BCUT2D eigenvalue weighted by atomic mass is 32.2. The quantitative estimate of drug-likeness (QED) is 0.500. The van der Waals surface area contributed by atoms with E-state index >= 15 is 0 Å². The van der Waals surface area contributed by atoms with Gasteiger partial charge in [0, 0.05) is 0 Å². The lowest BCUT2D eigenvalue weighted by atomic mass is 10.5. The van der Waals surface area contributed by atoms with Crippen LogP contribution in [0.15, 0.2) is 6.20 Å². The van der Waals surface area contributed by atoms with Crippen molar-refractivity contribution < 1.29 is 8.42 Å². The lowest BCUT2D eigenvalue weighted by Crippen LogP contribution is -2.30.